The molecule has 7 heteroatoms. The molecule has 0 bridgehead atoms. The van der Waals surface area contributed by atoms with Gasteiger partial charge in [0.15, 0.2) is 16.6 Å². The second-order valence-electron chi connectivity index (χ2n) is 5.10. The molecular weight excluding hydrogens is 316 g/mol. The van der Waals surface area contributed by atoms with E-state index in [1.807, 2.05) is 5.38 Å². The van der Waals surface area contributed by atoms with Gasteiger partial charge in [0.25, 0.3) is 5.91 Å². The lowest BCUT2D eigenvalue weighted by Crippen LogP contribution is -2.12. The fourth-order valence-corrected chi connectivity index (χ4v) is 2.86. The van der Waals surface area contributed by atoms with Crippen molar-refractivity contribution < 1.29 is 19.0 Å². The zero-order chi connectivity index (χ0) is 17.0. The van der Waals surface area contributed by atoms with Crippen molar-refractivity contribution in [3.63, 3.8) is 0 Å². The summed E-state index contributed by atoms with van der Waals surface area (Å²) in [6, 6.07) is 3.21. The Morgan fingerprint density at radius 1 is 1.13 bits per heavy atom. The van der Waals surface area contributed by atoms with Gasteiger partial charge in [0.2, 0.25) is 5.75 Å². The van der Waals surface area contributed by atoms with E-state index in [1.165, 1.54) is 32.7 Å². The Labute approximate surface area is 139 Å². The number of carbonyl (C=O) groups is 1. The van der Waals surface area contributed by atoms with Gasteiger partial charge >= 0.3 is 0 Å². The maximum atomic E-state index is 12.4. The van der Waals surface area contributed by atoms with Gasteiger partial charge in [-0.05, 0) is 18.1 Å². The first-order chi connectivity index (χ1) is 11.0. The molecule has 0 aliphatic rings. The van der Waals surface area contributed by atoms with E-state index >= 15 is 0 Å². The van der Waals surface area contributed by atoms with E-state index in [-0.39, 0.29) is 5.91 Å². The molecule has 0 radical (unpaired) electrons. The first-order valence-electron chi connectivity index (χ1n) is 7.07. The molecule has 0 unspecified atom stereocenters. The summed E-state index contributed by atoms with van der Waals surface area (Å²) in [5, 5.41) is 5.29. The number of ether oxygens (including phenoxy) is 3. The topological polar surface area (TPSA) is 69.7 Å². The van der Waals surface area contributed by atoms with Crippen molar-refractivity contribution >= 4 is 22.4 Å². The fourth-order valence-electron chi connectivity index (χ4n) is 1.99. The highest BCUT2D eigenvalue weighted by molar-refractivity contribution is 7.14. The zero-order valence-electron chi connectivity index (χ0n) is 13.8. The minimum atomic E-state index is -0.283. The Hall–Kier alpha value is -2.28. The molecule has 124 valence electrons. The number of benzene rings is 1. The first-order valence-corrected chi connectivity index (χ1v) is 7.94. The molecule has 0 saturated heterocycles. The quantitative estimate of drug-likeness (QED) is 0.873. The van der Waals surface area contributed by atoms with E-state index in [1.54, 1.807) is 12.1 Å². The van der Waals surface area contributed by atoms with Crippen LogP contribution in [0.5, 0.6) is 17.2 Å². The number of nitrogens with one attached hydrogen (secondary N) is 1. The third-order valence-electron chi connectivity index (χ3n) is 3.26. The number of nitrogens with zero attached hydrogens (tertiary/aromatic N) is 1. The summed E-state index contributed by atoms with van der Waals surface area (Å²) in [4.78, 5) is 16.8. The molecule has 1 aromatic heterocycles. The normalized spacial score (nSPS) is 10.5. The lowest BCUT2D eigenvalue weighted by molar-refractivity contribution is 0.102. The summed E-state index contributed by atoms with van der Waals surface area (Å²) in [5.74, 6) is 1.34. The number of amides is 1. The van der Waals surface area contributed by atoms with Crippen molar-refractivity contribution in [1.82, 2.24) is 4.98 Å². The van der Waals surface area contributed by atoms with Crippen LogP contribution in [0.3, 0.4) is 0 Å². The highest BCUT2D eigenvalue weighted by Gasteiger charge is 2.18. The van der Waals surface area contributed by atoms with Gasteiger partial charge in [-0.1, -0.05) is 13.8 Å². The van der Waals surface area contributed by atoms with E-state index in [2.05, 4.69) is 24.1 Å². The standard InChI is InChI=1S/C16H20N2O4S/c1-9(2)11-8-23-16(17-11)18-15(19)10-6-12(20-3)14(22-5)13(7-10)21-4/h6-9H,1-5H3,(H,17,18,19). The Morgan fingerprint density at radius 2 is 1.74 bits per heavy atom. The summed E-state index contributed by atoms with van der Waals surface area (Å²) >= 11 is 1.40. The largest absolute Gasteiger partial charge is 0.493 e. The number of hydrogen-bond acceptors (Lipinski definition) is 6. The molecule has 0 spiro atoms. The van der Waals surface area contributed by atoms with E-state index in [4.69, 9.17) is 14.2 Å². The van der Waals surface area contributed by atoms with Crippen LogP contribution < -0.4 is 19.5 Å². The zero-order valence-corrected chi connectivity index (χ0v) is 14.6. The second-order valence-corrected chi connectivity index (χ2v) is 5.96. The molecule has 2 rings (SSSR count). The predicted octanol–water partition coefficient (Wildman–Crippen LogP) is 3.54. The minimum Gasteiger partial charge on any atom is -0.493 e. The predicted molar refractivity (Wildman–Crippen MR) is 90.3 cm³/mol. The highest BCUT2D eigenvalue weighted by atomic mass is 32.1. The molecule has 1 aromatic carbocycles. The summed E-state index contributed by atoms with van der Waals surface area (Å²) in [5.41, 5.74) is 1.36. The number of hydrogen-bond donors (Lipinski definition) is 1. The molecule has 0 fully saturated rings. The second kappa shape index (κ2) is 7.32. The summed E-state index contributed by atoms with van der Waals surface area (Å²) in [6.45, 7) is 4.11. The van der Waals surface area contributed by atoms with Crippen LogP contribution in [-0.4, -0.2) is 32.2 Å². The third-order valence-corrected chi connectivity index (χ3v) is 4.04. The smallest absolute Gasteiger partial charge is 0.257 e. The number of aromatic nitrogens is 1. The van der Waals surface area contributed by atoms with Gasteiger partial charge < -0.3 is 14.2 Å². The lowest BCUT2D eigenvalue weighted by atomic mass is 10.1. The van der Waals surface area contributed by atoms with Crippen LogP contribution in [-0.2, 0) is 0 Å². The number of anilines is 1. The van der Waals surface area contributed by atoms with Gasteiger partial charge in [0.1, 0.15) is 0 Å². The van der Waals surface area contributed by atoms with Crippen molar-refractivity contribution in [2.75, 3.05) is 26.6 Å². The molecule has 1 amide bonds. The molecule has 23 heavy (non-hydrogen) atoms. The molecule has 6 nitrogen and oxygen atoms in total. The number of thiazole rings is 1. The maximum Gasteiger partial charge on any atom is 0.257 e. The lowest BCUT2D eigenvalue weighted by Gasteiger charge is -2.13. The van der Waals surface area contributed by atoms with E-state index < -0.39 is 0 Å². The SMILES string of the molecule is COc1cc(C(=O)Nc2nc(C(C)C)cs2)cc(OC)c1OC. The van der Waals surface area contributed by atoms with Crippen LogP contribution in [0.1, 0.15) is 35.8 Å². The first kappa shape index (κ1) is 17.1. The summed E-state index contributed by atoms with van der Waals surface area (Å²) < 4.78 is 15.8. The molecule has 0 aliphatic carbocycles. The van der Waals surface area contributed by atoms with Crippen LogP contribution in [0.25, 0.3) is 0 Å². The van der Waals surface area contributed by atoms with E-state index in [9.17, 15) is 4.79 Å². The minimum absolute atomic E-state index is 0.283. The fraction of sp³-hybridized carbons (Fsp3) is 0.375. The maximum absolute atomic E-state index is 12.4. The van der Waals surface area contributed by atoms with Crippen LogP contribution in [0, 0.1) is 0 Å². The van der Waals surface area contributed by atoms with Gasteiger partial charge in [0, 0.05) is 10.9 Å². The van der Waals surface area contributed by atoms with Gasteiger partial charge in [-0.15, -0.1) is 11.3 Å². The third kappa shape index (κ3) is 3.73. The molecule has 2 aromatic rings. The highest BCUT2D eigenvalue weighted by Crippen LogP contribution is 2.38. The van der Waals surface area contributed by atoms with Gasteiger partial charge in [-0.25, -0.2) is 4.98 Å². The summed E-state index contributed by atoms with van der Waals surface area (Å²) in [6.07, 6.45) is 0. The number of carbonyl (C=O) groups excluding carboxylic acids is 1. The monoisotopic (exact) mass is 336 g/mol. The van der Waals surface area contributed by atoms with Gasteiger partial charge in [-0.2, -0.15) is 0 Å². The molecular formula is C16H20N2O4S. The Bertz CT molecular complexity index is 672. The molecule has 1 N–H and O–H groups in total. The molecule has 0 atom stereocenters. The number of methoxy groups -OCH3 is 3. The van der Waals surface area contributed by atoms with E-state index in [0.717, 1.165) is 5.69 Å². The van der Waals surface area contributed by atoms with Crippen LogP contribution in [0.4, 0.5) is 5.13 Å². The van der Waals surface area contributed by atoms with Gasteiger partial charge in [-0.3, -0.25) is 10.1 Å². The van der Waals surface area contributed by atoms with Crippen LogP contribution >= 0.6 is 11.3 Å². The van der Waals surface area contributed by atoms with Crippen molar-refractivity contribution in [3.8, 4) is 17.2 Å². The van der Waals surface area contributed by atoms with Crippen LogP contribution in [0.2, 0.25) is 0 Å². The van der Waals surface area contributed by atoms with Crippen molar-refractivity contribution in [1.29, 1.82) is 0 Å². The Balaban J connectivity index is 2.27. The average Bonchev–Trinajstić information content (AvgIpc) is 3.01. The van der Waals surface area contributed by atoms with E-state index in [0.29, 0.717) is 33.9 Å². The molecule has 1 heterocycles. The Morgan fingerprint density at radius 3 is 2.17 bits per heavy atom. The number of rotatable bonds is 6. The Kier molecular flexibility index (Phi) is 5.44. The summed E-state index contributed by atoms with van der Waals surface area (Å²) in [7, 11) is 4.53. The van der Waals surface area contributed by atoms with Crippen molar-refractivity contribution in [2.45, 2.75) is 19.8 Å². The average molecular weight is 336 g/mol. The van der Waals surface area contributed by atoms with Crippen molar-refractivity contribution in [2.24, 2.45) is 0 Å². The van der Waals surface area contributed by atoms with Gasteiger partial charge in [0.05, 0.1) is 27.0 Å². The molecule has 0 aliphatic heterocycles. The van der Waals surface area contributed by atoms with Crippen molar-refractivity contribution in [3.05, 3.63) is 28.8 Å². The van der Waals surface area contributed by atoms with Crippen LogP contribution in [0.15, 0.2) is 17.5 Å². The molecule has 0 saturated carbocycles.